The van der Waals surface area contributed by atoms with E-state index < -0.39 is 5.97 Å². The first-order valence-electron chi connectivity index (χ1n) is 4.92. The number of fused-ring (bicyclic) bond motifs is 1. The minimum Gasteiger partial charge on any atom is -0.497 e. The van der Waals surface area contributed by atoms with Gasteiger partial charge in [-0.2, -0.15) is 0 Å². The van der Waals surface area contributed by atoms with Crippen LogP contribution in [0.25, 0.3) is 10.9 Å². The average molecular weight is 219 g/mol. The first-order valence-corrected chi connectivity index (χ1v) is 4.92. The SMILES string of the molecule is COc1ccc2c(C)c(C(=O)O)n(C)c2c1. The summed E-state index contributed by atoms with van der Waals surface area (Å²) in [4.78, 5) is 11.1. The molecule has 0 amide bonds. The Kier molecular flexibility index (Phi) is 2.34. The lowest BCUT2D eigenvalue weighted by atomic mass is 10.1. The average Bonchev–Trinajstić information content (AvgIpc) is 2.51. The van der Waals surface area contributed by atoms with Crippen molar-refractivity contribution in [2.24, 2.45) is 7.05 Å². The van der Waals surface area contributed by atoms with Crippen molar-refractivity contribution >= 4 is 16.9 Å². The third kappa shape index (κ3) is 1.34. The summed E-state index contributed by atoms with van der Waals surface area (Å²) < 4.78 is 6.80. The minimum atomic E-state index is -0.907. The molecule has 16 heavy (non-hydrogen) atoms. The number of aryl methyl sites for hydroxylation is 2. The van der Waals surface area contributed by atoms with E-state index in [4.69, 9.17) is 9.84 Å². The van der Waals surface area contributed by atoms with E-state index in [0.717, 1.165) is 22.2 Å². The van der Waals surface area contributed by atoms with Crippen LogP contribution in [0.15, 0.2) is 18.2 Å². The molecule has 0 fully saturated rings. The molecule has 1 heterocycles. The highest BCUT2D eigenvalue weighted by Crippen LogP contribution is 2.27. The predicted octanol–water partition coefficient (Wildman–Crippen LogP) is 2.19. The fraction of sp³-hybridized carbons (Fsp3) is 0.250. The number of aromatic nitrogens is 1. The van der Waals surface area contributed by atoms with E-state index in [-0.39, 0.29) is 0 Å². The quantitative estimate of drug-likeness (QED) is 0.842. The summed E-state index contributed by atoms with van der Waals surface area (Å²) in [6.45, 7) is 1.82. The summed E-state index contributed by atoms with van der Waals surface area (Å²) in [5.41, 5.74) is 1.98. The molecule has 0 unspecified atom stereocenters. The van der Waals surface area contributed by atoms with Crippen molar-refractivity contribution in [3.05, 3.63) is 29.5 Å². The molecular formula is C12H13NO3. The molecule has 1 aromatic heterocycles. The molecule has 0 aliphatic carbocycles. The predicted molar refractivity (Wildman–Crippen MR) is 61.2 cm³/mol. The molecule has 0 radical (unpaired) electrons. The summed E-state index contributed by atoms with van der Waals surface area (Å²) >= 11 is 0. The number of nitrogens with zero attached hydrogens (tertiary/aromatic N) is 1. The molecule has 0 saturated carbocycles. The molecule has 4 heteroatoms. The molecular weight excluding hydrogens is 206 g/mol. The van der Waals surface area contributed by atoms with Gasteiger partial charge >= 0.3 is 5.97 Å². The van der Waals surface area contributed by atoms with Crippen molar-refractivity contribution in [2.45, 2.75) is 6.92 Å². The summed E-state index contributed by atoms with van der Waals surface area (Å²) in [7, 11) is 3.34. The zero-order chi connectivity index (χ0) is 11.9. The zero-order valence-electron chi connectivity index (χ0n) is 9.44. The number of carboxylic acid groups (broad SMARTS) is 1. The van der Waals surface area contributed by atoms with E-state index in [9.17, 15) is 4.79 Å². The smallest absolute Gasteiger partial charge is 0.352 e. The van der Waals surface area contributed by atoms with Gasteiger partial charge in [-0.25, -0.2) is 4.79 Å². The van der Waals surface area contributed by atoms with Crippen LogP contribution >= 0.6 is 0 Å². The van der Waals surface area contributed by atoms with Crippen LogP contribution in [0.4, 0.5) is 0 Å². The summed E-state index contributed by atoms with van der Waals surface area (Å²) in [6, 6.07) is 5.56. The van der Waals surface area contributed by atoms with Gasteiger partial charge in [0.05, 0.1) is 12.6 Å². The zero-order valence-corrected chi connectivity index (χ0v) is 9.44. The third-order valence-electron chi connectivity index (χ3n) is 2.86. The highest BCUT2D eigenvalue weighted by molar-refractivity contribution is 5.98. The molecule has 1 aromatic carbocycles. The second-order valence-electron chi connectivity index (χ2n) is 3.72. The van der Waals surface area contributed by atoms with Crippen LogP contribution in [0.1, 0.15) is 16.1 Å². The number of aromatic carboxylic acids is 1. The number of methoxy groups -OCH3 is 1. The maximum atomic E-state index is 11.1. The van der Waals surface area contributed by atoms with Crippen molar-refractivity contribution in [1.29, 1.82) is 0 Å². The van der Waals surface area contributed by atoms with Gasteiger partial charge in [-0.05, 0) is 24.6 Å². The molecule has 1 N–H and O–H groups in total. The first-order chi connectivity index (χ1) is 7.56. The maximum absolute atomic E-state index is 11.1. The molecule has 84 valence electrons. The van der Waals surface area contributed by atoms with E-state index in [1.54, 1.807) is 18.7 Å². The number of carboxylic acids is 1. The number of hydrogen-bond donors (Lipinski definition) is 1. The van der Waals surface area contributed by atoms with E-state index in [0.29, 0.717) is 5.69 Å². The number of ether oxygens (including phenoxy) is 1. The van der Waals surface area contributed by atoms with E-state index in [2.05, 4.69) is 0 Å². The molecule has 2 aromatic rings. The van der Waals surface area contributed by atoms with Gasteiger partial charge < -0.3 is 14.4 Å². The van der Waals surface area contributed by atoms with Gasteiger partial charge in [-0.3, -0.25) is 0 Å². The Morgan fingerprint density at radius 3 is 2.69 bits per heavy atom. The van der Waals surface area contributed by atoms with Crippen molar-refractivity contribution in [2.75, 3.05) is 7.11 Å². The van der Waals surface area contributed by atoms with Crippen molar-refractivity contribution < 1.29 is 14.6 Å². The van der Waals surface area contributed by atoms with E-state index >= 15 is 0 Å². The van der Waals surface area contributed by atoms with Crippen molar-refractivity contribution in [3.8, 4) is 5.75 Å². The van der Waals surface area contributed by atoms with Crippen LogP contribution in [0.5, 0.6) is 5.75 Å². The molecule has 0 saturated heterocycles. The number of hydrogen-bond acceptors (Lipinski definition) is 2. The van der Waals surface area contributed by atoms with Crippen LogP contribution in [-0.2, 0) is 7.05 Å². The highest BCUT2D eigenvalue weighted by Gasteiger charge is 2.17. The molecule has 2 rings (SSSR count). The lowest BCUT2D eigenvalue weighted by Crippen LogP contribution is -2.05. The standard InChI is InChI=1S/C12H13NO3/c1-7-9-5-4-8(16-3)6-10(9)13(2)11(7)12(14)15/h4-6H,1-3H3,(H,14,15). The third-order valence-corrected chi connectivity index (χ3v) is 2.86. The van der Waals surface area contributed by atoms with Crippen LogP contribution < -0.4 is 4.74 Å². The Morgan fingerprint density at radius 1 is 1.44 bits per heavy atom. The largest absolute Gasteiger partial charge is 0.497 e. The maximum Gasteiger partial charge on any atom is 0.352 e. The summed E-state index contributed by atoms with van der Waals surface area (Å²) in [5.74, 6) is -0.180. The second-order valence-corrected chi connectivity index (χ2v) is 3.72. The summed E-state index contributed by atoms with van der Waals surface area (Å²) in [6.07, 6.45) is 0. The summed E-state index contributed by atoms with van der Waals surface area (Å²) in [5, 5.41) is 10.1. The van der Waals surface area contributed by atoms with Crippen molar-refractivity contribution in [3.63, 3.8) is 0 Å². The fourth-order valence-corrected chi connectivity index (χ4v) is 2.04. The van der Waals surface area contributed by atoms with Crippen molar-refractivity contribution in [1.82, 2.24) is 4.57 Å². The Bertz CT molecular complexity index is 569. The molecule has 0 spiro atoms. The lowest BCUT2D eigenvalue weighted by Gasteiger charge is -2.01. The molecule has 0 aliphatic rings. The van der Waals surface area contributed by atoms with Crippen LogP contribution in [0.2, 0.25) is 0 Å². The molecule has 0 aliphatic heterocycles. The van der Waals surface area contributed by atoms with Crippen LogP contribution in [0.3, 0.4) is 0 Å². The molecule has 0 bridgehead atoms. The van der Waals surface area contributed by atoms with Gasteiger partial charge in [0.1, 0.15) is 11.4 Å². The van der Waals surface area contributed by atoms with Gasteiger partial charge in [0.25, 0.3) is 0 Å². The Hall–Kier alpha value is -1.97. The Labute approximate surface area is 93.1 Å². The van der Waals surface area contributed by atoms with Gasteiger partial charge in [0, 0.05) is 18.5 Å². The van der Waals surface area contributed by atoms with Gasteiger partial charge in [-0.15, -0.1) is 0 Å². The second kappa shape index (κ2) is 3.56. The first kappa shape index (κ1) is 10.5. The van der Waals surface area contributed by atoms with Crippen LogP contribution in [0, 0.1) is 6.92 Å². The van der Waals surface area contributed by atoms with Crippen LogP contribution in [-0.4, -0.2) is 22.8 Å². The molecule has 0 atom stereocenters. The Morgan fingerprint density at radius 2 is 2.12 bits per heavy atom. The van der Waals surface area contributed by atoms with E-state index in [1.165, 1.54) is 0 Å². The number of carbonyl (C=O) groups is 1. The van der Waals surface area contributed by atoms with Gasteiger partial charge in [0.15, 0.2) is 0 Å². The number of benzene rings is 1. The normalized spacial score (nSPS) is 10.7. The van der Waals surface area contributed by atoms with Gasteiger partial charge in [-0.1, -0.05) is 0 Å². The molecule has 4 nitrogen and oxygen atoms in total. The highest BCUT2D eigenvalue weighted by atomic mass is 16.5. The Balaban J connectivity index is 2.83. The van der Waals surface area contributed by atoms with E-state index in [1.807, 2.05) is 25.1 Å². The topological polar surface area (TPSA) is 51.5 Å². The van der Waals surface area contributed by atoms with Gasteiger partial charge in [0.2, 0.25) is 0 Å². The lowest BCUT2D eigenvalue weighted by molar-refractivity contribution is 0.0686. The minimum absolute atomic E-state index is 0.322. The monoisotopic (exact) mass is 219 g/mol. The fourth-order valence-electron chi connectivity index (χ4n) is 2.04. The number of rotatable bonds is 2.